The van der Waals surface area contributed by atoms with Crippen LogP contribution in [0.2, 0.25) is 0 Å². The smallest absolute Gasteiger partial charge is 0.0801 e. The summed E-state index contributed by atoms with van der Waals surface area (Å²) in [7, 11) is 1.92. The summed E-state index contributed by atoms with van der Waals surface area (Å²) >= 11 is 0. The van der Waals surface area contributed by atoms with Crippen LogP contribution in [0.1, 0.15) is 35.6 Å². The molecule has 2 rings (SSSR count). The second kappa shape index (κ2) is 4.29. The monoisotopic (exact) mass is 234 g/mol. The van der Waals surface area contributed by atoms with Gasteiger partial charge in [0.2, 0.25) is 0 Å². The lowest BCUT2D eigenvalue weighted by Gasteiger charge is -2.13. The Kier molecular flexibility index (Phi) is 2.97. The zero-order valence-electron chi connectivity index (χ0n) is 10.7. The molecule has 6 nitrogen and oxygen atoms in total. The lowest BCUT2D eigenvalue weighted by molar-refractivity contribution is 0.580. The van der Waals surface area contributed by atoms with Crippen molar-refractivity contribution in [2.45, 2.75) is 33.4 Å². The topological polar surface area (TPSA) is 74.6 Å². The predicted octanol–water partition coefficient (Wildman–Crippen LogP) is 0.696. The van der Waals surface area contributed by atoms with Crippen molar-refractivity contribution in [2.24, 2.45) is 12.8 Å². The van der Waals surface area contributed by atoms with E-state index in [9.17, 15) is 0 Å². The number of nitrogens with zero attached hydrogens (tertiary/aromatic N) is 5. The standard InChI is InChI=1S/C11H18N6/c1-5-17-9(6-13-15-17)11(12)10-7(2)14-16(4)8(10)3/h6,11H,5,12H2,1-4H3. The zero-order valence-corrected chi connectivity index (χ0v) is 10.7. The molecule has 92 valence electrons. The van der Waals surface area contributed by atoms with Crippen molar-refractivity contribution in [1.29, 1.82) is 0 Å². The first-order chi connectivity index (χ1) is 8.06. The Bertz CT molecular complexity index is 524. The average Bonchev–Trinajstić information content (AvgIpc) is 2.84. The van der Waals surface area contributed by atoms with Gasteiger partial charge in [0.1, 0.15) is 0 Å². The van der Waals surface area contributed by atoms with Crippen LogP contribution in [-0.4, -0.2) is 24.8 Å². The normalized spacial score (nSPS) is 13.0. The molecule has 1 unspecified atom stereocenters. The first kappa shape index (κ1) is 11.8. The van der Waals surface area contributed by atoms with Gasteiger partial charge in [0.25, 0.3) is 0 Å². The highest BCUT2D eigenvalue weighted by molar-refractivity contribution is 5.33. The van der Waals surface area contributed by atoms with E-state index < -0.39 is 0 Å². The largest absolute Gasteiger partial charge is 0.319 e. The van der Waals surface area contributed by atoms with Gasteiger partial charge in [-0.3, -0.25) is 4.68 Å². The van der Waals surface area contributed by atoms with Crippen LogP contribution in [0.4, 0.5) is 0 Å². The molecule has 2 aromatic heterocycles. The first-order valence-corrected chi connectivity index (χ1v) is 5.70. The minimum absolute atomic E-state index is 0.223. The number of hydrogen-bond acceptors (Lipinski definition) is 4. The summed E-state index contributed by atoms with van der Waals surface area (Å²) in [6.45, 7) is 6.78. The van der Waals surface area contributed by atoms with Crippen LogP contribution in [-0.2, 0) is 13.6 Å². The van der Waals surface area contributed by atoms with Crippen LogP contribution in [0.15, 0.2) is 6.20 Å². The van der Waals surface area contributed by atoms with E-state index in [1.54, 1.807) is 6.20 Å². The van der Waals surface area contributed by atoms with Gasteiger partial charge < -0.3 is 5.73 Å². The van der Waals surface area contributed by atoms with Gasteiger partial charge in [0.05, 0.1) is 23.6 Å². The Morgan fingerprint density at radius 2 is 2.12 bits per heavy atom. The number of aryl methyl sites for hydroxylation is 3. The quantitative estimate of drug-likeness (QED) is 0.848. The van der Waals surface area contributed by atoms with Crippen molar-refractivity contribution in [3.05, 3.63) is 28.8 Å². The van der Waals surface area contributed by atoms with Crippen molar-refractivity contribution in [3.63, 3.8) is 0 Å². The summed E-state index contributed by atoms with van der Waals surface area (Å²) in [5.41, 5.74) is 10.3. The van der Waals surface area contributed by atoms with Crippen molar-refractivity contribution in [3.8, 4) is 0 Å². The number of aromatic nitrogens is 5. The Morgan fingerprint density at radius 3 is 2.65 bits per heavy atom. The highest BCUT2D eigenvalue weighted by Crippen LogP contribution is 2.24. The third-order valence-electron chi connectivity index (χ3n) is 3.14. The minimum atomic E-state index is -0.223. The molecule has 17 heavy (non-hydrogen) atoms. The molecule has 0 aliphatic rings. The molecule has 0 bridgehead atoms. The molecule has 0 fully saturated rings. The van der Waals surface area contributed by atoms with Crippen LogP contribution in [0.3, 0.4) is 0 Å². The molecule has 0 saturated heterocycles. The third-order valence-corrected chi connectivity index (χ3v) is 3.14. The summed E-state index contributed by atoms with van der Waals surface area (Å²) < 4.78 is 3.67. The van der Waals surface area contributed by atoms with Gasteiger partial charge in [0, 0.05) is 24.8 Å². The predicted molar refractivity (Wildman–Crippen MR) is 64.4 cm³/mol. The summed E-state index contributed by atoms with van der Waals surface area (Å²) in [5, 5.41) is 12.3. The molecule has 2 aromatic rings. The van der Waals surface area contributed by atoms with Gasteiger partial charge in [-0.2, -0.15) is 5.10 Å². The molecule has 0 aliphatic carbocycles. The van der Waals surface area contributed by atoms with Crippen LogP contribution in [0.5, 0.6) is 0 Å². The van der Waals surface area contributed by atoms with E-state index in [4.69, 9.17) is 5.73 Å². The van der Waals surface area contributed by atoms with E-state index in [0.29, 0.717) is 0 Å². The van der Waals surface area contributed by atoms with Crippen molar-refractivity contribution in [1.82, 2.24) is 24.8 Å². The second-order valence-corrected chi connectivity index (χ2v) is 4.16. The van der Waals surface area contributed by atoms with Gasteiger partial charge in [-0.25, -0.2) is 4.68 Å². The lowest BCUT2D eigenvalue weighted by Crippen LogP contribution is -2.18. The van der Waals surface area contributed by atoms with Gasteiger partial charge in [0.15, 0.2) is 0 Å². The molecular weight excluding hydrogens is 216 g/mol. The van der Waals surface area contributed by atoms with Crippen molar-refractivity contribution < 1.29 is 0 Å². The zero-order chi connectivity index (χ0) is 12.6. The number of hydrogen-bond donors (Lipinski definition) is 1. The molecule has 0 spiro atoms. The van der Waals surface area contributed by atoms with Crippen molar-refractivity contribution in [2.75, 3.05) is 0 Å². The minimum Gasteiger partial charge on any atom is -0.319 e. The summed E-state index contributed by atoms with van der Waals surface area (Å²) in [5.74, 6) is 0. The Labute approximate surface area is 100 Å². The molecule has 0 aliphatic heterocycles. The Morgan fingerprint density at radius 1 is 1.41 bits per heavy atom. The van der Waals surface area contributed by atoms with Crippen LogP contribution in [0, 0.1) is 13.8 Å². The maximum absolute atomic E-state index is 6.30. The summed E-state index contributed by atoms with van der Waals surface area (Å²) in [4.78, 5) is 0. The molecule has 0 saturated carbocycles. The fourth-order valence-electron chi connectivity index (χ4n) is 2.14. The fraction of sp³-hybridized carbons (Fsp3) is 0.545. The summed E-state index contributed by atoms with van der Waals surface area (Å²) in [6, 6.07) is -0.223. The van der Waals surface area contributed by atoms with Gasteiger partial charge >= 0.3 is 0 Å². The Balaban J connectivity index is 2.47. The molecule has 6 heteroatoms. The van der Waals surface area contributed by atoms with Crippen LogP contribution in [0.25, 0.3) is 0 Å². The third kappa shape index (κ3) is 1.84. The maximum Gasteiger partial charge on any atom is 0.0801 e. The summed E-state index contributed by atoms with van der Waals surface area (Å²) in [6.07, 6.45) is 1.72. The van der Waals surface area contributed by atoms with Crippen LogP contribution >= 0.6 is 0 Å². The van der Waals surface area contributed by atoms with E-state index in [1.807, 2.05) is 37.2 Å². The lowest BCUT2D eigenvalue weighted by atomic mass is 10.0. The van der Waals surface area contributed by atoms with E-state index >= 15 is 0 Å². The van der Waals surface area contributed by atoms with Gasteiger partial charge in [-0.1, -0.05) is 5.21 Å². The Hall–Kier alpha value is -1.69. The molecule has 0 amide bonds. The highest BCUT2D eigenvalue weighted by Gasteiger charge is 2.21. The molecule has 2 N–H and O–H groups in total. The van der Waals surface area contributed by atoms with E-state index in [2.05, 4.69) is 15.4 Å². The maximum atomic E-state index is 6.30. The fourth-order valence-corrected chi connectivity index (χ4v) is 2.14. The number of nitrogens with two attached hydrogens (primary N) is 1. The molecule has 1 atom stereocenters. The average molecular weight is 234 g/mol. The second-order valence-electron chi connectivity index (χ2n) is 4.16. The SMILES string of the molecule is CCn1nncc1C(N)c1c(C)nn(C)c1C. The molecule has 2 heterocycles. The van der Waals surface area contributed by atoms with E-state index in [0.717, 1.165) is 29.2 Å². The van der Waals surface area contributed by atoms with Gasteiger partial charge in [-0.15, -0.1) is 5.10 Å². The first-order valence-electron chi connectivity index (χ1n) is 5.70. The number of rotatable bonds is 3. The van der Waals surface area contributed by atoms with Gasteiger partial charge in [-0.05, 0) is 20.8 Å². The molecule has 0 radical (unpaired) electrons. The van der Waals surface area contributed by atoms with E-state index in [-0.39, 0.29) is 6.04 Å². The molecular formula is C11H18N6. The van der Waals surface area contributed by atoms with E-state index in [1.165, 1.54) is 0 Å². The van der Waals surface area contributed by atoms with Crippen LogP contribution < -0.4 is 5.73 Å². The molecule has 0 aromatic carbocycles. The highest BCUT2D eigenvalue weighted by atomic mass is 15.4. The van der Waals surface area contributed by atoms with Crippen molar-refractivity contribution >= 4 is 0 Å².